The van der Waals surface area contributed by atoms with Gasteiger partial charge in [0.1, 0.15) is 0 Å². The molecular formula is C22H33NO3S. The van der Waals surface area contributed by atoms with Crippen LogP contribution in [0.1, 0.15) is 71.3 Å². The van der Waals surface area contributed by atoms with E-state index in [1.165, 1.54) is 13.3 Å². The Morgan fingerprint density at radius 3 is 2.44 bits per heavy atom. The Balaban J connectivity index is 2.26. The van der Waals surface area contributed by atoms with Crippen molar-refractivity contribution in [1.82, 2.24) is 0 Å². The zero-order chi connectivity index (χ0) is 19.6. The maximum Gasteiger partial charge on any atom is 0.230 e. The van der Waals surface area contributed by atoms with E-state index < -0.39 is 0 Å². The van der Waals surface area contributed by atoms with Gasteiger partial charge in [0.25, 0.3) is 0 Å². The molecule has 0 unspecified atom stereocenters. The van der Waals surface area contributed by atoms with Crippen LogP contribution in [-0.2, 0) is 20.4 Å². The lowest BCUT2D eigenvalue weighted by atomic mass is 9.87. The van der Waals surface area contributed by atoms with Crippen molar-refractivity contribution in [3.05, 3.63) is 29.8 Å². The van der Waals surface area contributed by atoms with Gasteiger partial charge in [-0.25, -0.2) is 0 Å². The number of hydrogen-bond acceptors (Lipinski definition) is 4. The van der Waals surface area contributed by atoms with E-state index in [4.69, 9.17) is 4.18 Å². The van der Waals surface area contributed by atoms with E-state index in [-0.39, 0.29) is 16.9 Å². The van der Waals surface area contributed by atoms with Crippen LogP contribution in [-0.4, -0.2) is 17.6 Å². The Labute approximate surface area is 168 Å². The topological polar surface area (TPSA) is 46.6 Å². The SMILES string of the molecule is CCC(CC)CN(C(=O)C1CCCCC1)c1ccccc1COSC(C)=O. The maximum atomic E-state index is 13.4. The van der Waals surface area contributed by atoms with Crippen LogP contribution in [0.25, 0.3) is 0 Å². The predicted molar refractivity (Wildman–Crippen MR) is 113 cm³/mol. The molecule has 5 heteroatoms. The Bertz CT molecular complexity index is 609. The molecule has 0 heterocycles. The van der Waals surface area contributed by atoms with Crippen LogP contribution in [0, 0.1) is 11.8 Å². The second kappa shape index (κ2) is 11.5. The van der Waals surface area contributed by atoms with E-state index in [2.05, 4.69) is 13.8 Å². The lowest BCUT2D eigenvalue weighted by molar-refractivity contribution is -0.123. The molecule has 0 atom stereocenters. The molecule has 1 aromatic carbocycles. The van der Waals surface area contributed by atoms with E-state index in [9.17, 15) is 9.59 Å². The Kier molecular flexibility index (Phi) is 9.35. The summed E-state index contributed by atoms with van der Waals surface area (Å²) >= 11 is 0.864. The van der Waals surface area contributed by atoms with Gasteiger partial charge in [-0.15, -0.1) is 0 Å². The molecule has 2 rings (SSSR count). The van der Waals surface area contributed by atoms with Crippen molar-refractivity contribution in [2.45, 2.75) is 72.3 Å². The van der Waals surface area contributed by atoms with Gasteiger partial charge in [0.05, 0.1) is 18.6 Å². The molecule has 0 aromatic heterocycles. The highest BCUT2D eigenvalue weighted by Gasteiger charge is 2.29. The van der Waals surface area contributed by atoms with E-state index in [1.54, 1.807) is 0 Å². The summed E-state index contributed by atoms with van der Waals surface area (Å²) in [5.41, 5.74) is 1.89. The zero-order valence-electron chi connectivity index (χ0n) is 16.9. The number of carbonyl (C=O) groups is 2. The molecule has 0 radical (unpaired) electrons. The third-order valence-corrected chi connectivity index (χ3v) is 5.96. The van der Waals surface area contributed by atoms with Gasteiger partial charge in [0.15, 0.2) is 0 Å². The van der Waals surface area contributed by atoms with Crippen LogP contribution in [0.15, 0.2) is 24.3 Å². The summed E-state index contributed by atoms with van der Waals surface area (Å²) in [7, 11) is 0. The van der Waals surface area contributed by atoms with Gasteiger partial charge < -0.3 is 9.08 Å². The van der Waals surface area contributed by atoms with Gasteiger partial charge in [-0.2, -0.15) is 0 Å². The van der Waals surface area contributed by atoms with Crippen LogP contribution in [0.4, 0.5) is 5.69 Å². The number of nitrogens with zero attached hydrogens (tertiary/aromatic N) is 1. The van der Waals surface area contributed by atoms with E-state index in [0.717, 1.165) is 68.4 Å². The fraction of sp³-hybridized carbons (Fsp3) is 0.636. The fourth-order valence-corrected chi connectivity index (χ4v) is 4.11. The van der Waals surface area contributed by atoms with Crippen LogP contribution < -0.4 is 4.90 Å². The molecule has 0 saturated heterocycles. The van der Waals surface area contributed by atoms with E-state index >= 15 is 0 Å². The smallest absolute Gasteiger partial charge is 0.230 e. The number of anilines is 1. The average Bonchev–Trinajstić information content (AvgIpc) is 2.69. The predicted octanol–water partition coefficient (Wildman–Crippen LogP) is 5.75. The molecule has 1 saturated carbocycles. The third-order valence-electron chi connectivity index (χ3n) is 5.49. The average molecular weight is 392 g/mol. The first-order chi connectivity index (χ1) is 13.1. The van der Waals surface area contributed by atoms with Gasteiger partial charge >= 0.3 is 0 Å². The first kappa shape index (κ1) is 22.0. The van der Waals surface area contributed by atoms with Crippen molar-refractivity contribution in [3.8, 4) is 0 Å². The van der Waals surface area contributed by atoms with E-state index in [0.29, 0.717) is 12.5 Å². The zero-order valence-corrected chi connectivity index (χ0v) is 17.7. The minimum absolute atomic E-state index is 0.0698. The monoisotopic (exact) mass is 391 g/mol. The summed E-state index contributed by atoms with van der Waals surface area (Å²) in [5.74, 6) is 0.875. The summed E-state index contributed by atoms with van der Waals surface area (Å²) in [6, 6.07) is 7.94. The highest BCUT2D eigenvalue weighted by Crippen LogP contribution is 2.31. The normalized spacial score (nSPS) is 15.1. The van der Waals surface area contributed by atoms with Crippen molar-refractivity contribution < 1.29 is 13.8 Å². The van der Waals surface area contributed by atoms with E-state index in [1.807, 2.05) is 29.2 Å². The van der Waals surface area contributed by atoms with Crippen LogP contribution >= 0.6 is 12.0 Å². The lowest BCUT2D eigenvalue weighted by Gasteiger charge is -2.33. The molecule has 0 N–H and O–H groups in total. The Morgan fingerprint density at radius 2 is 1.81 bits per heavy atom. The van der Waals surface area contributed by atoms with Crippen molar-refractivity contribution in [2.24, 2.45) is 11.8 Å². The number of amides is 1. The highest BCUT2D eigenvalue weighted by atomic mass is 32.2. The molecule has 1 amide bonds. The second-order valence-electron chi connectivity index (χ2n) is 7.43. The fourth-order valence-electron chi connectivity index (χ4n) is 3.75. The molecule has 27 heavy (non-hydrogen) atoms. The maximum absolute atomic E-state index is 13.4. The molecular weight excluding hydrogens is 358 g/mol. The first-order valence-corrected chi connectivity index (χ1v) is 11.0. The second-order valence-corrected chi connectivity index (χ2v) is 8.41. The van der Waals surface area contributed by atoms with Crippen LogP contribution in [0.2, 0.25) is 0 Å². The number of carbonyl (C=O) groups excluding carboxylic acids is 2. The minimum atomic E-state index is -0.0698. The van der Waals surface area contributed by atoms with Crippen molar-refractivity contribution in [1.29, 1.82) is 0 Å². The summed E-state index contributed by atoms with van der Waals surface area (Å²) in [6.07, 6.45) is 7.65. The molecule has 150 valence electrons. The van der Waals surface area contributed by atoms with Crippen molar-refractivity contribution in [2.75, 3.05) is 11.4 Å². The molecule has 4 nitrogen and oxygen atoms in total. The molecule has 1 aliphatic rings. The Hall–Kier alpha value is -1.33. The van der Waals surface area contributed by atoms with Gasteiger partial charge in [-0.3, -0.25) is 9.59 Å². The largest absolute Gasteiger partial charge is 0.312 e. The summed E-state index contributed by atoms with van der Waals surface area (Å²) in [6.45, 7) is 6.94. The molecule has 0 aliphatic heterocycles. The number of benzene rings is 1. The number of hydrogen-bond donors (Lipinski definition) is 0. The summed E-state index contributed by atoms with van der Waals surface area (Å²) < 4.78 is 5.48. The van der Waals surface area contributed by atoms with Crippen molar-refractivity contribution >= 4 is 28.8 Å². The minimum Gasteiger partial charge on any atom is -0.312 e. The molecule has 1 aromatic rings. The van der Waals surface area contributed by atoms with Crippen LogP contribution in [0.5, 0.6) is 0 Å². The number of para-hydroxylation sites is 1. The number of rotatable bonds is 9. The third kappa shape index (κ3) is 6.65. The van der Waals surface area contributed by atoms with Gasteiger partial charge in [-0.05, 0) is 24.8 Å². The summed E-state index contributed by atoms with van der Waals surface area (Å²) in [4.78, 5) is 26.6. The van der Waals surface area contributed by atoms with Gasteiger partial charge in [0, 0.05) is 30.6 Å². The lowest BCUT2D eigenvalue weighted by Crippen LogP contribution is -2.40. The van der Waals surface area contributed by atoms with Crippen LogP contribution in [0.3, 0.4) is 0 Å². The molecule has 1 fully saturated rings. The standard InChI is InChI=1S/C22H33NO3S/c1-4-18(5-2)15-23(22(25)19-11-7-6-8-12-19)21-14-10-9-13-20(21)16-26-27-17(3)24/h9-10,13-14,18-19H,4-8,11-12,15-16H2,1-3H3. The first-order valence-electron chi connectivity index (χ1n) is 10.3. The molecule has 1 aliphatic carbocycles. The quantitative estimate of drug-likeness (QED) is 0.503. The van der Waals surface area contributed by atoms with Crippen molar-refractivity contribution in [3.63, 3.8) is 0 Å². The molecule has 0 bridgehead atoms. The van der Waals surface area contributed by atoms with Gasteiger partial charge in [-0.1, -0.05) is 64.2 Å². The molecule has 0 spiro atoms. The summed E-state index contributed by atoms with van der Waals surface area (Å²) in [5, 5.41) is -0.0698. The van der Waals surface area contributed by atoms with Gasteiger partial charge in [0.2, 0.25) is 11.0 Å². The highest BCUT2D eigenvalue weighted by molar-refractivity contribution is 8.09. The Morgan fingerprint density at radius 1 is 1.15 bits per heavy atom.